The van der Waals surface area contributed by atoms with Crippen LogP contribution in [0.3, 0.4) is 0 Å². The lowest BCUT2D eigenvalue weighted by molar-refractivity contribution is 0.253. The second kappa shape index (κ2) is 8.33. The minimum absolute atomic E-state index is 0.214. The van der Waals surface area contributed by atoms with Crippen molar-refractivity contribution in [2.24, 2.45) is 0 Å². The molecule has 0 aliphatic carbocycles. The third kappa shape index (κ3) is 5.58. The summed E-state index contributed by atoms with van der Waals surface area (Å²) >= 11 is 0. The fraction of sp³-hybridized carbons (Fsp3) is 0.294. The SMILES string of the molecule is C=C/C(=C\C(=C)C)c1cccc(OCCCCO)c1. The summed E-state index contributed by atoms with van der Waals surface area (Å²) < 4.78 is 5.65. The summed E-state index contributed by atoms with van der Waals surface area (Å²) in [7, 11) is 0. The van der Waals surface area contributed by atoms with Crippen LogP contribution in [0, 0.1) is 0 Å². The van der Waals surface area contributed by atoms with Crippen LogP contribution in [-0.4, -0.2) is 18.3 Å². The van der Waals surface area contributed by atoms with Crippen LogP contribution in [0.15, 0.2) is 55.1 Å². The standard InChI is InChI=1S/C17H22O2/c1-4-15(12-14(2)3)16-8-7-9-17(13-16)19-11-6-5-10-18/h4,7-9,12-13,18H,1-2,5-6,10-11H2,3H3/b15-12+. The molecule has 0 atom stereocenters. The Morgan fingerprint density at radius 2 is 2.16 bits per heavy atom. The van der Waals surface area contributed by atoms with E-state index in [9.17, 15) is 0 Å². The number of hydrogen-bond donors (Lipinski definition) is 1. The number of ether oxygens (including phenoxy) is 1. The van der Waals surface area contributed by atoms with E-state index in [-0.39, 0.29) is 6.61 Å². The minimum Gasteiger partial charge on any atom is -0.494 e. The number of benzene rings is 1. The molecule has 0 bridgehead atoms. The van der Waals surface area contributed by atoms with Gasteiger partial charge in [-0.2, -0.15) is 0 Å². The van der Waals surface area contributed by atoms with E-state index >= 15 is 0 Å². The highest BCUT2D eigenvalue weighted by molar-refractivity contribution is 5.76. The lowest BCUT2D eigenvalue weighted by atomic mass is 10.0. The van der Waals surface area contributed by atoms with Gasteiger partial charge in [0, 0.05) is 6.61 Å². The molecule has 0 unspecified atom stereocenters. The maximum absolute atomic E-state index is 8.71. The van der Waals surface area contributed by atoms with E-state index in [4.69, 9.17) is 9.84 Å². The Morgan fingerprint density at radius 3 is 2.79 bits per heavy atom. The van der Waals surface area contributed by atoms with Crippen LogP contribution in [0.1, 0.15) is 25.3 Å². The van der Waals surface area contributed by atoms with Gasteiger partial charge in [0.15, 0.2) is 0 Å². The molecule has 2 nitrogen and oxygen atoms in total. The van der Waals surface area contributed by atoms with Crippen LogP contribution in [0.25, 0.3) is 5.57 Å². The third-order valence-electron chi connectivity index (χ3n) is 2.61. The molecule has 1 aromatic carbocycles. The summed E-state index contributed by atoms with van der Waals surface area (Å²) in [6.45, 7) is 10.5. The minimum atomic E-state index is 0.214. The Hall–Kier alpha value is -1.80. The normalized spacial score (nSPS) is 11.2. The third-order valence-corrected chi connectivity index (χ3v) is 2.61. The van der Waals surface area contributed by atoms with Crippen molar-refractivity contribution in [2.75, 3.05) is 13.2 Å². The van der Waals surface area contributed by atoms with Gasteiger partial charge >= 0.3 is 0 Å². The van der Waals surface area contributed by atoms with Gasteiger partial charge in [-0.3, -0.25) is 0 Å². The highest BCUT2D eigenvalue weighted by Gasteiger charge is 2.00. The molecule has 1 N–H and O–H groups in total. The molecule has 0 saturated heterocycles. The van der Waals surface area contributed by atoms with Gasteiger partial charge in [0.25, 0.3) is 0 Å². The Kier molecular flexibility index (Phi) is 6.69. The van der Waals surface area contributed by atoms with Crippen molar-refractivity contribution < 1.29 is 9.84 Å². The molecule has 0 heterocycles. The first-order valence-corrected chi connectivity index (χ1v) is 6.51. The smallest absolute Gasteiger partial charge is 0.119 e. The molecule has 0 spiro atoms. The lowest BCUT2D eigenvalue weighted by Gasteiger charge is -2.08. The number of aliphatic hydroxyl groups excluding tert-OH is 1. The number of rotatable bonds is 8. The van der Waals surface area contributed by atoms with Gasteiger partial charge < -0.3 is 9.84 Å². The second-order valence-corrected chi connectivity index (χ2v) is 4.46. The molecule has 0 fully saturated rings. The fourth-order valence-electron chi connectivity index (χ4n) is 1.69. The molecule has 0 aromatic heterocycles. The van der Waals surface area contributed by atoms with Gasteiger partial charge in [0.05, 0.1) is 6.61 Å². The number of aliphatic hydroxyl groups is 1. The largest absolute Gasteiger partial charge is 0.494 e. The molecule has 102 valence electrons. The summed E-state index contributed by atoms with van der Waals surface area (Å²) in [4.78, 5) is 0. The predicted octanol–water partition coefficient (Wildman–Crippen LogP) is 3.98. The second-order valence-electron chi connectivity index (χ2n) is 4.46. The zero-order chi connectivity index (χ0) is 14.1. The maximum Gasteiger partial charge on any atom is 0.119 e. The summed E-state index contributed by atoms with van der Waals surface area (Å²) in [5, 5.41) is 8.71. The first-order chi connectivity index (χ1) is 9.17. The maximum atomic E-state index is 8.71. The lowest BCUT2D eigenvalue weighted by Crippen LogP contribution is -1.98. The van der Waals surface area contributed by atoms with E-state index in [2.05, 4.69) is 13.2 Å². The van der Waals surface area contributed by atoms with Crippen LogP contribution in [0.4, 0.5) is 0 Å². The van der Waals surface area contributed by atoms with E-state index < -0.39 is 0 Å². The molecule has 0 aliphatic rings. The molecule has 0 radical (unpaired) electrons. The van der Waals surface area contributed by atoms with Gasteiger partial charge in [0.1, 0.15) is 5.75 Å². The zero-order valence-corrected chi connectivity index (χ0v) is 11.6. The van der Waals surface area contributed by atoms with Crippen molar-refractivity contribution in [3.63, 3.8) is 0 Å². The van der Waals surface area contributed by atoms with Crippen LogP contribution >= 0.6 is 0 Å². The van der Waals surface area contributed by atoms with E-state index in [0.29, 0.717) is 6.61 Å². The quantitative estimate of drug-likeness (QED) is 0.564. The van der Waals surface area contributed by atoms with Gasteiger partial charge in [-0.1, -0.05) is 43.0 Å². The van der Waals surface area contributed by atoms with Crippen molar-refractivity contribution in [1.29, 1.82) is 0 Å². The Morgan fingerprint density at radius 1 is 1.37 bits per heavy atom. The Balaban J connectivity index is 2.75. The summed E-state index contributed by atoms with van der Waals surface area (Å²) in [5.41, 5.74) is 3.09. The van der Waals surface area contributed by atoms with E-state index in [1.807, 2.05) is 43.3 Å². The van der Waals surface area contributed by atoms with Crippen LogP contribution in [0.5, 0.6) is 5.75 Å². The predicted molar refractivity (Wildman–Crippen MR) is 81.2 cm³/mol. The van der Waals surface area contributed by atoms with Gasteiger partial charge in [-0.05, 0) is 43.0 Å². The van der Waals surface area contributed by atoms with Crippen LogP contribution in [-0.2, 0) is 0 Å². The molecule has 0 amide bonds. The Labute approximate surface area is 115 Å². The first kappa shape index (κ1) is 15.3. The molecular formula is C17H22O2. The highest BCUT2D eigenvalue weighted by Crippen LogP contribution is 2.22. The van der Waals surface area contributed by atoms with Crippen molar-refractivity contribution in [3.05, 3.63) is 60.7 Å². The summed E-state index contributed by atoms with van der Waals surface area (Å²) in [6.07, 6.45) is 5.45. The van der Waals surface area contributed by atoms with Crippen molar-refractivity contribution >= 4 is 5.57 Å². The summed E-state index contributed by atoms with van der Waals surface area (Å²) in [6, 6.07) is 7.92. The molecule has 0 aliphatic heterocycles. The molecular weight excluding hydrogens is 236 g/mol. The number of unbranched alkanes of at least 4 members (excludes halogenated alkanes) is 1. The van der Waals surface area contributed by atoms with Crippen LogP contribution < -0.4 is 4.74 Å². The molecule has 19 heavy (non-hydrogen) atoms. The average molecular weight is 258 g/mol. The summed E-state index contributed by atoms with van der Waals surface area (Å²) in [5.74, 6) is 0.838. The number of allylic oxidation sites excluding steroid dienone is 4. The fourth-order valence-corrected chi connectivity index (χ4v) is 1.69. The van der Waals surface area contributed by atoms with E-state index in [1.54, 1.807) is 0 Å². The van der Waals surface area contributed by atoms with Crippen molar-refractivity contribution in [2.45, 2.75) is 19.8 Å². The van der Waals surface area contributed by atoms with Crippen LogP contribution in [0.2, 0.25) is 0 Å². The molecule has 2 heteroatoms. The van der Waals surface area contributed by atoms with Gasteiger partial charge in [-0.15, -0.1) is 0 Å². The first-order valence-electron chi connectivity index (χ1n) is 6.51. The van der Waals surface area contributed by atoms with Gasteiger partial charge in [0.2, 0.25) is 0 Å². The highest BCUT2D eigenvalue weighted by atomic mass is 16.5. The van der Waals surface area contributed by atoms with E-state index in [1.165, 1.54) is 0 Å². The molecule has 0 saturated carbocycles. The number of hydrogen-bond acceptors (Lipinski definition) is 2. The average Bonchev–Trinajstić information content (AvgIpc) is 2.41. The van der Waals surface area contributed by atoms with Crippen molar-refractivity contribution in [1.82, 2.24) is 0 Å². The van der Waals surface area contributed by atoms with Gasteiger partial charge in [-0.25, -0.2) is 0 Å². The Bertz CT molecular complexity index is 458. The zero-order valence-electron chi connectivity index (χ0n) is 11.6. The van der Waals surface area contributed by atoms with E-state index in [0.717, 1.165) is 35.3 Å². The monoisotopic (exact) mass is 258 g/mol. The molecule has 1 rings (SSSR count). The van der Waals surface area contributed by atoms with Crippen molar-refractivity contribution in [3.8, 4) is 5.75 Å². The topological polar surface area (TPSA) is 29.5 Å². The molecule has 1 aromatic rings.